The number of thioether (sulfide) groups is 1. The molecule has 0 radical (unpaired) electrons. The van der Waals surface area contributed by atoms with Crippen LogP contribution in [0.5, 0.6) is 5.75 Å². The summed E-state index contributed by atoms with van der Waals surface area (Å²) in [5.41, 5.74) is 1.31. The van der Waals surface area contributed by atoms with Gasteiger partial charge in [-0.2, -0.15) is 0 Å². The number of ether oxygens (including phenoxy) is 1. The van der Waals surface area contributed by atoms with Crippen LogP contribution in [0.3, 0.4) is 0 Å². The standard InChI is InChI=1S/C24H28ClN5O4S/c1-6-29-22(15(2)34-18-10-7-16(8-11-18)24(3,4)5)27-28-23(29)35-14-21(31)26-17-9-12-19(25)20(13-17)30(32)33/h7-13,15H,6,14H2,1-5H3,(H,26,31). The Morgan fingerprint density at radius 3 is 2.51 bits per heavy atom. The van der Waals surface area contributed by atoms with E-state index in [1.807, 2.05) is 30.5 Å². The number of amides is 1. The molecular formula is C24H28ClN5O4S. The Bertz CT molecular complexity index is 1210. The number of aromatic nitrogens is 3. The van der Waals surface area contributed by atoms with Crippen LogP contribution in [0.2, 0.25) is 5.02 Å². The zero-order chi connectivity index (χ0) is 25.8. The molecule has 0 aliphatic heterocycles. The van der Waals surface area contributed by atoms with Crippen molar-refractivity contribution in [2.75, 3.05) is 11.1 Å². The van der Waals surface area contributed by atoms with Crippen molar-refractivity contribution in [1.82, 2.24) is 14.8 Å². The van der Waals surface area contributed by atoms with Gasteiger partial charge in [0, 0.05) is 18.3 Å². The van der Waals surface area contributed by atoms with Crippen LogP contribution < -0.4 is 10.1 Å². The van der Waals surface area contributed by atoms with E-state index in [0.29, 0.717) is 23.2 Å². The molecule has 0 aliphatic rings. The second-order valence-corrected chi connectivity index (χ2v) is 10.2. The minimum absolute atomic E-state index is 0.00688. The van der Waals surface area contributed by atoms with Gasteiger partial charge in [0.25, 0.3) is 5.69 Å². The Kier molecular flexibility index (Phi) is 8.39. The smallest absolute Gasteiger partial charge is 0.289 e. The first kappa shape index (κ1) is 26.5. The molecule has 9 nitrogen and oxygen atoms in total. The highest BCUT2D eigenvalue weighted by Gasteiger charge is 2.21. The number of anilines is 1. The second-order valence-electron chi connectivity index (χ2n) is 8.88. The van der Waals surface area contributed by atoms with E-state index in [1.165, 1.54) is 35.5 Å². The number of halogens is 1. The van der Waals surface area contributed by atoms with Crippen molar-refractivity contribution in [3.8, 4) is 5.75 Å². The molecule has 1 N–H and O–H groups in total. The molecule has 0 fully saturated rings. The number of nitrogens with one attached hydrogen (secondary N) is 1. The van der Waals surface area contributed by atoms with Crippen LogP contribution in [0.15, 0.2) is 47.6 Å². The number of benzene rings is 2. The Balaban J connectivity index is 1.63. The van der Waals surface area contributed by atoms with Crippen molar-refractivity contribution in [2.45, 2.75) is 57.8 Å². The minimum Gasteiger partial charge on any atom is -0.483 e. The van der Waals surface area contributed by atoms with Crippen LogP contribution in [0, 0.1) is 10.1 Å². The summed E-state index contributed by atoms with van der Waals surface area (Å²) in [6.07, 6.45) is -0.347. The van der Waals surface area contributed by atoms with Gasteiger partial charge in [-0.1, -0.05) is 56.3 Å². The van der Waals surface area contributed by atoms with Crippen molar-refractivity contribution in [3.05, 3.63) is 69.0 Å². The van der Waals surface area contributed by atoms with E-state index in [9.17, 15) is 14.9 Å². The van der Waals surface area contributed by atoms with Crippen LogP contribution in [0.4, 0.5) is 11.4 Å². The third-order valence-corrected chi connectivity index (χ3v) is 6.50. The predicted molar refractivity (Wildman–Crippen MR) is 137 cm³/mol. The summed E-state index contributed by atoms with van der Waals surface area (Å²) in [6, 6.07) is 12.1. The molecule has 0 saturated carbocycles. The van der Waals surface area contributed by atoms with E-state index in [1.54, 1.807) is 0 Å². The third kappa shape index (κ3) is 6.73. The number of hydrogen-bond acceptors (Lipinski definition) is 7. The Morgan fingerprint density at radius 2 is 1.91 bits per heavy atom. The summed E-state index contributed by atoms with van der Waals surface area (Å²) >= 11 is 7.04. The molecule has 0 bridgehead atoms. The summed E-state index contributed by atoms with van der Waals surface area (Å²) in [5, 5.41) is 22.8. The molecule has 35 heavy (non-hydrogen) atoms. The van der Waals surface area contributed by atoms with Crippen molar-refractivity contribution in [2.24, 2.45) is 0 Å². The van der Waals surface area contributed by atoms with Gasteiger partial charge in [-0.15, -0.1) is 10.2 Å². The summed E-state index contributed by atoms with van der Waals surface area (Å²) < 4.78 is 7.99. The zero-order valence-electron chi connectivity index (χ0n) is 20.2. The van der Waals surface area contributed by atoms with E-state index >= 15 is 0 Å². The van der Waals surface area contributed by atoms with E-state index in [-0.39, 0.29) is 33.9 Å². The molecule has 2 aromatic carbocycles. The van der Waals surface area contributed by atoms with Gasteiger partial charge in [-0.25, -0.2) is 0 Å². The lowest BCUT2D eigenvalue weighted by Crippen LogP contribution is -2.15. The average Bonchev–Trinajstić information content (AvgIpc) is 3.21. The molecule has 1 amide bonds. The molecule has 1 atom stereocenters. The maximum atomic E-state index is 12.4. The van der Waals surface area contributed by atoms with Gasteiger partial charge in [-0.3, -0.25) is 14.9 Å². The highest BCUT2D eigenvalue weighted by atomic mass is 35.5. The fraction of sp³-hybridized carbons (Fsp3) is 0.375. The van der Waals surface area contributed by atoms with Gasteiger partial charge in [0.15, 0.2) is 17.1 Å². The monoisotopic (exact) mass is 517 g/mol. The first-order valence-electron chi connectivity index (χ1n) is 11.1. The molecule has 3 rings (SSSR count). The number of nitro benzene ring substituents is 1. The van der Waals surface area contributed by atoms with Crippen molar-refractivity contribution >= 4 is 40.6 Å². The van der Waals surface area contributed by atoms with E-state index in [0.717, 1.165) is 5.75 Å². The summed E-state index contributed by atoms with van der Waals surface area (Å²) in [7, 11) is 0. The van der Waals surface area contributed by atoms with E-state index in [2.05, 4.69) is 48.4 Å². The van der Waals surface area contributed by atoms with Gasteiger partial charge < -0.3 is 14.6 Å². The van der Waals surface area contributed by atoms with E-state index < -0.39 is 4.92 Å². The number of nitrogens with zero attached hydrogens (tertiary/aromatic N) is 4. The quantitative estimate of drug-likeness (QED) is 0.209. The normalized spacial score (nSPS) is 12.3. The maximum absolute atomic E-state index is 12.4. The molecule has 0 spiro atoms. The van der Waals surface area contributed by atoms with Gasteiger partial charge in [0.05, 0.1) is 10.7 Å². The summed E-state index contributed by atoms with van der Waals surface area (Å²) in [6.45, 7) is 11.0. The Labute approximate surface area is 213 Å². The van der Waals surface area contributed by atoms with Gasteiger partial charge in [0.2, 0.25) is 5.91 Å². The van der Waals surface area contributed by atoms with E-state index in [4.69, 9.17) is 16.3 Å². The van der Waals surface area contributed by atoms with Crippen LogP contribution in [-0.4, -0.2) is 31.3 Å². The van der Waals surface area contributed by atoms with Crippen molar-refractivity contribution in [1.29, 1.82) is 0 Å². The van der Waals surface area contributed by atoms with Crippen molar-refractivity contribution < 1.29 is 14.5 Å². The van der Waals surface area contributed by atoms with Crippen LogP contribution in [0.1, 0.15) is 52.1 Å². The number of carbonyl (C=O) groups is 1. The summed E-state index contributed by atoms with van der Waals surface area (Å²) in [4.78, 5) is 22.9. The number of carbonyl (C=O) groups excluding carboxylic acids is 1. The second kappa shape index (κ2) is 11.1. The van der Waals surface area contributed by atoms with Crippen LogP contribution in [-0.2, 0) is 16.8 Å². The number of hydrogen-bond donors (Lipinski definition) is 1. The Hall–Kier alpha value is -3.11. The van der Waals surface area contributed by atoms with Crippen molar-refractivity contribution in [3.63, 3.8) is 0 Å². The molecule has 186 valence electrons. The SMILES string of the molecule is CCn1c(SCC(=O)Nc2ccc(Cl)c([N+](=O)[O-])c2)nnc1C(C)Oc1ccc(C(C)(C)C)cc1. The summed E-state index contributed by atoms with van der Waals surface area (Å²) in [5.74, 6) is 1.12. The predicted octanol–water partition coefficient (Wildman–Crippen LogP) is 6.03. The number of nitro groups is 1. The lowest BCUT2D eigenvalue weighted by molar-refractivity contribution is -0.384. The Morgan fingerprint density at radius 1 is 1.23 bits per heavy atom. The first-order chi connectivity index (χ1) is 16.5. The minimum atomic E-state index is -0.597. The number of rotatable bonds is 9. The van der Waals surface area contributed by atoms with Crippen LogP contribution in [0.25, 0.3) is 0 Å². The maximum Gasteiger partial charge on any atom is 0.289 e. The average molecular weight is 518 g/mol. The molecule has 1 unspecified atom stereocenters. The highest BCUT2D eigenvalue weighted by molar-refractivity contribution is 7.99. The third-order valence-electron chi connectivity index (χ3n) is 5.22. The molecule has 0 aliphatic carbocycles. The lowest BCUT2D eigenvalue weighted by atomic mass is 9.87. The highest BCUT2D eigenvalue weighted by Crippen LogP contribution is 2.29. The van der Waals surface area contributed by atoms with Gasteiger partial charge in [-0.05, 0) is 49.1 Å². The zero-order valence-corrected chi connectivity index (χ0v) is 21.8. The fourth-order valence-corrected chi connectivity index (χ4v) is 4.35. The van der Waals surface area contributed by atoms with Crippen LogP contribution >= 0.6 is 23.4 Å². The lowest BCUT2D eigenvalue weighted by Gasteiger charge is -2.20. The molecule has 0 saturated heterocycles. The molecule has 3 aromatic rings. The molecule has 1 aromatic heterocycles. The molecule has 11 heteroatoms. The van der Waals surface area contributed by atoms with Gasteiger partial charge >= 0.3 is 0 Å². The topological polar surface area (TPSA) is 112 Å². The molecular weight excluding hydrogens is 490 g/mol. The molecule has 1 heterocycles. The first-order valence-corrected chi connectivity index (χ1v) is 12.4. The largest absolute Gasteiger partial charge is 0.483 e. The fourth-order valence-electron chi connectivity index (χ4n) is 3.35. The van der Waals surface area contributed by atoms with Gasteiger partial charge in [0.1, 0.15) is 10.8 Å².